The third-order valence-corrected chi connectivity index (χ3v) is 13.7. The molecule has 4 N–H and O–H groups in total. The number of rotatable bonds is 14. The third kappa shape index (κ3) is 12.3. The summed E-state index contributed by atoms with van der Waals surface area (Å²) in [6.45, 7) is 4.06. The van der Waals surface area contributed by atoms with Gasteiger partial charge in [-0.05, 0) is 91.9 Å². The smallest absolute Gasteiger partial charge is 0.328 e. The Morgan fingerprint density at radius 3 is 1.54 bits per heavy atom. The summed E-state index contributed by atoms with van der Waals surface area (Å²) < 4.78 is 22.9. The number of carbonyl (C=O) groups is 4. The van der Waals surface area contributed by atoms with Crippen molar-refractivity contribution in [2.24, 2.45) is 23.7 Å². The molecule has 358 valence electrons. The first kappa shape index (κ1) is 49.0. The molecule has 8 atom stereocenters. The number of pyridine rings is 2. The Hall–Kier alpha value is -6.96. The highest BCUT2D eigenvalue weighted by Gasteiger charge is 2.37. The van der Waals surface area contributed by atoms with Crippen molar-refractivity contribution in [1.82, 2.24) is 20.6 Å². The summed E-state index contributed by atoms with van der Waals surface area (Å²) in [5.41, 5.74) is 3.96. The fourth-order valence-corrected chi connectivity index (χ4v) is 9.76. The molecule has 2 amide bonds. The van der Waals surface area contributed by atoms with Crippen LogP contribution in [0.2, 0.25) is 0 Å². The second-order valence-corrected chi connectivity index (χ2v) is 18.1. The van der Waals surface area contributed by atoms with Crippen LogP contribution in [-0.2, 0) is 44.7 Å². The van der Waals surface area contributed by atoms with Crippen LogP contribution in [-0.4, -0.2) is 82.4 Å². The zero-order valence-electron chi connectivity index (χ0n) is 39.1. The summed E-state index contributed by atoms with van der Waals surface area (Å²) in [7, 11) is 2.76. The van der Waals surface area contributed by atoms with Gasteiger partial charge in [-0.3, -0.25) is 9.59 Å². The summed E-state index contributed by atoms with van der Waals surface area (Å²) in [6, 6.07) is 29.9. The number of hydrogen-bond donors (Lipinski definition) is 4. The predicted molar refractivity (Wildman–Crippen MR) is 254 cm³/mol. The lowest BCUT2D eigenvalue weighted by Crippen LogP contribution is -2.44. The molecule has 0 bridgehead atoms. The predicted octanol–water partition coefficient (Wildman–Crippen LogP) is 7.77. The van der Waals surface area contributed by atoms with Crippen LogP contribution in [0.25, 0.3) is 0 Å². The van der Waals surface area contributed by atoms with E-state index in [0.29, 0.717) is 44.9 Å². The largest absolute Gasteiger partial charge is 0.503 e. The highest BCUT2D eigenvalue weighted by molar-refractivity contribution is 5.98. The van der Waals surface area contributed by atoms with E-state index >= 15 is 0 Å². The number of aromatic hydroxyl groups is 2. The fraction of sp³-hybridized carbons (Fsp3) is 0.407. The van der Waals surface area contributed by atoms with Crippen molar-refractivity contribution < 1.29 is 48.3 Å². The average Bonchev–Trinajstić information content (AvgIpc) is 3.42. The number of aromatic nitrogens is 2. The average molecular weight is 927 g/mol. The molecule has 0 aliphatic carbocycles. The fourth-order valence-electron chi connectivity index (χ4n) is 9.76. The molecule has 2 aliphatic rings. The summed E-state index contributed by atoms with van der Waals surface area (Å²) in [6.07, 6.45) is 7.98. The van der Waals surface area contributed by atoms with Gasteiger partial charge >= 0.3 is 11.9 Å². The number of cyclic esters (lactones) is 2. The van der Waals surface area contributed by atoms with Crippen molar-refractivity contribution >= 4 is 23.8 Å². The third-order valence-electron chi connectivity index (χ3n) is 13.7. The molecule has 5 aromatic rings. The highest BCUT2D eigenvalue weighted by Crippen LogP contribution is 2.35. The van der Waals surface area contributed by atoms with Gasteiger partial charge in [0.2, 0.25) is 0 Å². The van der Waals surface area contributed by atoms with Crippen LogP contribution in [0.3, 0.4) is 0 Å². The van der Waals surface area contributed by atoms with Crippen molar-refractivity contribution in [3.05, 3.63) is 143 Å². The minimum Gasteiger partial charge on any atom is -0.503 e. The van der Waals surface area contributed by atoms with Gasteiger partial charge in [0.15, 0.2) is 34.4 Å². The zero-order chi connectivity index (χ0) is 48.2. The van der Waals surface area contributed by atoms with Crippen LogP contribution in [0.4, 0.5) is 0 Å². The summed E-state index contributed by atoms with van der Waals surface area (Å²) >= 11 is 0. The lowest BCUT2D eigenvalue weighted by molar-refractivity contribution is -0.155. The van der Waals surface area contributed by atoms with Gasteiger partial charge < -0.3 is 39.8 Å². The first-order valence-electron chi connectivity index (χ1n) is 23.5. The van der Waals surface area contributed by atoms with Gasteiger partial charge in [-0.1, -0.05) is 105 Å². The first-order valence-corrected chi connectivity index (χ1v) is 23.5. The second kappa shape index (κ2) is 23.2. The second-order valence-electron chi connectivity index (χ2n) is 18.1. The lowest BCUT2D eigenvalue weighted by Gasteiger charge is -2.32. The molecule has 14 nitrogen and oxygen atoms in total. The van der Waals surface area contributed by atoms with Crippen molar-refractivity contribution in [3.63, 3.8) is 0 Å². The van der Waals surface area contributed by atoms with E-state index in [9.17, 15) is 29.4 Å². The number of benzene rings is 3. The molecular weight excluding hydrogens is 865 g/mol. The number of amides is 2. The van der Waals surface area contributed by atoms with Crippen molar-refractivity contribution in [2.75, 3.05) is 14.2 Å². The molecule has 2 aromatic heterocycles. The number of hydrogen-bond acceptors (Lipinski definition) is 12. The molecule has 7 rings (SSSR count). The van der Waals surface area contributed by atoms with Crippen molar-refractivity contribution in [1.29, 1.82) is 0 Å². The van der Waals surface area contributed by atoms with Crippen LogP contribution in [0, 0.1) is 23.7 Å². The molecule has 14 heteroatoms. The van der Waals surface area contributed by atoms with E-state index in [-0.39, 0.29) is 46.6 Å². The Balaban J connectivity index is 1.08. The van der Waals surface area contributed by atoms with Gasteiger partial charge in [-0.25, -0.2) is 19.6 Å². The molecule has 8 unspecified atom stereocenters. The highest BCUT2D eigenvalue weighted by atomic mass is 16.6. The van der Waals surface area contributed by atoms with Crippen LogP contribution >= 0.6 is 0 Å². The molecule has 0 radical (unpaired) electrons. The number of esters is 2. The molecule has 68 heavy (non-hydrogen) atoms. The molecule has 2 fully saturated rings. The lowest BCUT2D eigenvalue weighted by atomic mass is 9.77. The van der Waals surface area contributed by atoms with Gasteiger partial charge in [-0.15, -0.1) is 0 Å². The Kier molecular flexibility index (Phi) is 16.7. The van der Waals surface area contributed by atoms with Gasteiger partial charge in [0, 0.05) is 36.9 Å². The molecule has 0 spiro atoms. The van der Waals surface area contributed by atoms with Crippen molar-refractivity contribution in [3.8, 4) is 23.0 Å². The molecular formula is C54H62N4O10. The summed E-state index contributed by atoms with van der Waals surface area (Å²) in [5.74, 6) is -2.86. The Labute approximate surface area is 397 Å². The maximum absolute atomic E-state index is 14.0. The van der Waals surface area contributed by atoms with E-state index in [1.807, 2.05) is 43.3 Å². The van der Waals surface area contributed by atoms with E-state index in [1.54, 1.807) is 0 Å². The van der Waals surface area contributed by atoms with E-state index < -0.39 is 59.5 Å². The van der Waals surface area contributed by atoms with Gasteiger partial charge in [0.25, 0.3) is 11.8 Å². The topological polar surface area (TPSA) is 195 Å². The SMILES string of the molecule is COc1ccnc(C(=O)NC2CCCC(Cc3ccc(CC4OC(=O)C(NC(=O)c5nccc(OC)c5O)CCCC(Cc5ccccc5)C4C)cc3)C(Cc3ccccc3)C(C)OC2=O)c1O. The Morgan fingerprint density at radius 2 is 1.03 bits per heavy atom. The van der Waals surface area contributed by atoms with Crippen molar-refractivity contribution in [2.45, 2.75) is 102 Å². The van der Waals surface area contributed by atoms with Crippen LogP contribution < -0.4 is 20.1 Å². The van der Waals surface area contributed by atoms with E-state index in [2.05, 4.69) is 76.1 Å². The normalized spacial score (nSPS) is 23.4. The Bertz CT molecular complexity index is 2490. The van der Waals surface area contributed by atoms with Gasteiger partial charge in [0.1, 0.15) is 24.3 Å². The zero-order valence-corrected chi connectivity index (χ0v) is 39.1. The van der Waals surface area contributed by atoms with Crippen LogP contribution in [0.1, 0.15) is 95.6 Å². The van der Waals surface area contributed by atoms with Crippen LogP contribution in [0.5, 0.6) is 23.0 Å². The molecule has 3 aromatic carbocycles. The monoisotopic (exact) mass is 926 g/mol. The standard InChI is InChI=1S/C54H62N4O10/c1-33-39(29-35-13-7-5-8-14-35)17-11-19-43(58-52(62)48-50(60)45(66-4)26-28-56-48)54(64)68-46(33)32-38-23-21-37(22-24-38)30-40-18-12-20-42(57-51(61)47-49(59)44(65-3)25-27-55-47)53(63)67-34(2)41(40)31-36-15-9-6-10-16-36/h5-10,13-16,21-28,33-34,39-43,46,59-60H,11-12,17-20,29-32H2,1-4H3,(H,57,61)(H,58,62). The number of nitrogens with one attached hydrogen (secondary N) is 2. The number of methoxy groups -OCH3 is 2. The molecule has 0 saturated carbocycles. The van der Waals surface area contributed by atoms with Gasteiger partial charge in [-0.2, -0.15) is 0 Å². The number of ether oxygens (including phenoxy) is 4. The maximum Gasteiger partial charge on any atom is 0.328 e. The minimum absolute atomic E-state index is 0.0229. The summed E-state index contributed by atoms with van der Waals surface area (Å²) in [4.78, 5) is 62.6. The maximum atomic E-state index is 14.0. The molecule has 2 saturated heterocycles. The summed E-state index contributed by atoms with van der Waals surface area (Å²) in [5, 5.41) is 26.8. The quantitative estimate of drug-likeness (QED) is 0.0792. The van der Waals surface area contributed by atoms with E-state index in [4.69, 9.17) is 18.9 Å². The molecule has 4 heterocycles. The minimum atomic E-state index is -0.953. The van der Waals surface area contributed by atoms with E-state index in [0.717, 1.165) is 36.0 Å². The first-order chi connectivity index (χ1) is 32.9. The number of nitrogens with zero attached hydrogens (tertiary/aromatic N) is 2. The molecule has 2 aliphatic heterocycles. The van der Waals surface area contributed by atoms with Crippen LogP contribution in [0.15, 0.2) is 109 Å². The van der Waals surface area contributed by atoms with Gasteiger partial charge in [0.05, 0.1) is 14.2 Å². The Morgan fingerprint density at radius 1 is 0.588 bits per heavy atom. The van der Waals surface area contributed by atoms with E-state index in [1.165, 1.54) is 44.3 Å². The number of carbonyl (C=O) groups excluding carboxylic acids is 4.